The van der Waals surface area contributed by atoms with E-state index in [-0.39, 0.29) is 40.0 Å². The van der Waals surface area contributed by atoms with Crippen LogP contribution in [-0.2, 0) is 14.3 Å². The van der Waals surface area contributed by atoms with Crippen molar-refractivity contribution in [2.75, 3.05) is 0 Å². The highest BCUT2D eigenvalue weighted by Gasteiger charge is 2.73. The maximum Gasteiger partial charge on any atom is 0.306 e. The third-order valence-corrected chi connectivity index (χ3v) is 10.3. The molecule has 0 amide bonds. The molecule has 1 spiro atoms. The summed E-state index contributed by atoms with van der Waals surface area (Å²) in [4.78, 5) is 24.9. The highest BCUT2D eigenvalue weighted by molar-refractivity contribution is 6.00. The van der Waals surface area contributed by atoms with Gasteiger partial charge in [0, 0.05) is 40.9 Å². The number of Topliss-reactive ketones (excluding diaryl/α,β-unsaturated/α-hetero) is 1. The molecule has 2 N–H and O–H groups in total. The summed E-state index contributed by atoms with van der Waals surface area (Å²) in [7, 11) is 0. The molecule has 152 valence electrons. The molecule has 0 aromatic carbocycles. The van der Waals surface area contributed by atoms with Gasteiger partial charge in [0.05, 0.1) is 11.5 Å². The molecular formula is C24H28N2O3. The molecule has 29 heavy (non-hydrogen) atoms. The van der Waals surface area contributed by atoms with Gasteiger partial charge in [0.25, 0.3) is 0 Å². The summed E-state index contributed by atoms with van der Waals surface area (Å²) < 4.78 is 6.02. The molecule has 0 aromatic heterocycles. The van der Waals surface area contributed by atoms with E-state index >= 15 is 0 Å². The van der Waals surface area contributed by atoms with Gasteiger partial charge in [-0.05, 0) is 50.4 Å². The second kappa shape index (κ2) is 4.96. The Morgan fingerprint density at radius 3 is 2.69 bits per heavy atom. The average Bonchev–Trinajstić information content (AvgIpc) is 3.31. The number of fused-ring (bicyclic) bond motifs is 7. The van der Waals surface area contributed by atoms with Gasteiger partial charge in [-0.15, -0.1) is 0 Å². The van der Waals surface area contributed by atoms with Crippen LogP contribution < -0.4 is 5.73 Å². The number of carbonyl (C=O) groups excluding carboxylic acids is 2. The van der Waals surface area contributed by atoms with Crippen LogP contribution in [0.25, 0.3) is 0 Å². The Balaban J connectivity index is 1.55. The molecular weight excluding hydrogens is 364 g/mol. The fraction of sp³-hybridized carbons (Fsp3) is 0.708. The van der Waals surface area contributed by atoms with Crippen LogP contribution in [0.3, 0.4) is 0 Å². The molecule has 1 saturated heterocycles. The van der Waals surface area contributed by atoms with Gasteiger partial charge in [-0.25, -0.2) is 0 Å². The number of hydrogen-bond donors (Lipinski definition) is 1. The quantitative estimate of drug-likeness (QED) is 0.503. The summed E-state index contributed by atoms with van der Waals surface area (Å²) in [6, 6.07) is 2.60. The zero-order valence-electron chi connectivity index (χ0n) is 17.2. The summed E-state index contributed by atoms with van der Waals surface area (Å²) in [5, 5.41) is 10.3. The topological polar surface area (TPSA) is 93.2 Å². The summed E-state index contributed by atoms with van der Waals surface area (Å²) >= 11 is 0. The predicted octanol–water partition coefficient (Wildman–Crippen LogP) is 3.55. The summed E-state index contributed by atoms with van der Waals surface area (Å²) in [5.74, 6) is 0.703. The van der Waals surface area contributed by atoms with Gasteiger partial charge in [0.2, 0.25) is 0 Å². The van der Waals surface area contributed by atoms with E-state index in [1.807, 2.05) is 0 Å². The molecule has 5 nitrogen and oxygen atoms in total. The highest BCUT2D eigenvalue weighted by atomic mass is 16.6. The first kappa shape index (κ1) is 17.7. The normalized spacial score (nSPS) is 52.2. The first-order chi connectivity index (χ1) is 13.7. The second-order valence-corrected chi connectivity index (χ2v) is 10.8. The number of nitrogens with two attached hydrogens (primary N) is 1. The van der Waals surface area contributed by atoms with Crippen LogP contribution in [0.5, 0.6) is 0 Å². The smallest absolute Gasteiger partial charge is 0.306 e. The Bertz CT molecular complexity index is 989. The molecule has 7 atom stereocenters. The third-order valence-electron chi connectivity index (χ3n) is 10.3. The third kappa shape index (κ3) is 1.64. The zero-order valence-corrected chi connectivity index (χ0v) is 17.2. The van der Waals surface area contributed by atoms with Crippen molar-refractivity contribution in [1.29, 1.82) is 5.26 Å². The van der Waals surface area contributed by atoms with E-state index in [4.69, 9.17) is 10.5 Å². The van der Waals surface area contributed by atoms with Crippen molar-refractivity contribution >= 4 is 11.8 Å². The molecule has 0 radical (unpaired) electrons. The number of nitriles is 1. The number of ether oxygens (including phenoxy) is 1. The predicted molar refractivity (Wildman–Crippen MR) is 105 cm³/mol. The molecule has 5 heteroatoms. The minimum atomic E-state index is -0.761. The number of rotatable bonds is 0. The molecule has 4 fully saturated rings. The summed E-state index contributed by atoms with van der Waals surface area (Å²) in [6.07, 6.45) is 8.40. The molecule has 5 unspecified atom stereocenters. The number of esters is 1. The van der Waals surface area contributed by atoms with E-state index in [9.17, 15) is 14.9 Å². The molecule has 3 saturated carbocycles. The number of ketones is 1. The Morgan fingerprint density at radius 2 is 2.00 bits per heavy atom. The maximum atomic E-state index is 12.9. The zero-order chi connectivity index (χ0) is 20.4. The van der Waals surface area contributed by atoms with E-state index < -0.39 is 5.41 Å². The Morgan fingerprint density at radius 1 is 1.21 bits per heavy atom. The Hall–Kier alpha value is -2.09. The first-order valence-electron chi connectivity index (χ1n) is 11.1. The average molecular weight is 392 g/mol. The lowest BCUT2D eigenvalue weighted by Gasteiger charge is -2.59. The van der Waals surface area contributed by atoms with Crippen molar-refractivity contribution in [2.45, 2.75) is 70.8 Å². The Labute approximate surface area is 171 Å². The van der Waals surface area contributed by atoms with Crippen molar-refractivity contribution in [3.05, 3.63) is 22.9 Å². The summed E-state index contributed by atoms with van der Waals surface area (Å²) in [5.41, 5.74) is 7.83. The van der Waals surface area contributed by atoms with Crippen LogP contribution >= 0.6 is 0 Å². The van der Waals surface area contributed by atoms with E-state index in [0.717, 1.165) is 32.1 Å². The lowest BCUT2D eigenvalue weighted by Crippen LogP contribution is -2.56. The molecule has 5 aliphatic carbocycles. The lowest BCUT2D eigenvalue weighted by molar-refractivity contribution is -0.161. The molecule has 0 aromatic rings. The number of carbonyl (C=O) groups is 2. The molecule has 6 rings (SSSR count). The number of nitrogens with zero attached hydrogens (tertiary/aromatic N) is 1. The van der Waals surface area contributed by atoms with E-state index in [0.29, 0.717) is 36.5 Å². The first-order valence-corrected chi connectivity index (χ1v) is 11.1. The monoisotopic (exact) mass is 392 g/mol. The van der Waals surface area contributed by atoms with Gasteiger partial charge in [0.1, 0.15) is 5.60 Å². The van der Waals surface area contributed by atoms with Crippen molar-refractivity contribution in [2.24, 2.45) is 39.7 Å². The van der Waals surface area contributed by atoms with Crippen LogP contribution in [-0.4, -0.2) is 17.4 Å². The van der Waals surface area contributed by atoms with Gasteiger partial charge >= 0.3 is 5.97 Å². The number of allylic oxidation sites excluding steroid dienone is 4. The van der Waals surface area contributed by atoms with E-state index in [2.05, 4.69) is 26.0 Å². The van der Waals surface area contributed by atoms with Crippen LogP contribution in [0, 0.1) is 45.3 Å². The summed E-state index contributed by atoms with van der Waals surface area (Å²) in [6.45, 7) is 4.51. The highest BCUT2D eigenvalue weighted by Crippen LogP contribution is 2.75. The fourth-order valence-corrected chi connectivity index (χ4v) is 8.72. The fourth-order valence-electron chi connectivity index (χ4n) is 8.72. The largest absolute Gasteiger partial charge is 0.458 e. The second-order valence-electron chi connectivity index (χ2n) is 10.8. The minimum absolute atomic E-state index is 0.0582. The molecule has 2 bridgehead atoms. The molecule has 1 heterocycles. The van der Waals surface area contributed by atoms with Crippen molar-refractivity contribution in [3.63, 3.8) is 0 Å². The Kier molecular flexibility index (Phi) is 3.04. The van der Waals surface area contributed by atoms with Gasteiger partial charge in [-0.2, -0.15) is 5.26 Å². The van der Waals surface area contributed by atoms with Gasteiger partial charge < -0.3 is 10.5 Å². The van der Waals surface area contributed by atoms with Crippen LogP contribution in [0.4, 0.5) is 0 Å². The minimum Gasteiger partial charge on any atom is -0.458 e. The van der Waals surface area contributed by atoms with Gasteiger partial charge in [-0.1, -0.05) is 25.5 Å². The van der Waals surface area contributed by atoms with Crippen molar-refractivity contribution < 1.29 is 14.3 Å². The van der Waals surface area contributed by atoms with Crippen LogP contribution in [0.15, 0.2) is 22.9 Å². The van der Waals surface area contributed by atoms with E-state index in [1.165, 1.54) is 5.57 Å². The number of hydrogen-bond acceptors (Lipinski definition) is 5. The molecule has 6 aliphatic rings. The van der Waals surface area contributed by atoms with Crippen LogP contribution in [0.2, 0.25) is 0 Å². The maximum absolute atomic E-state index is 12.9. The van der Waals surface area contributed by atoms with Gasteiger partial charge in [0.15, 0.2) is 5.78 Å². The SMILES string of the molecule is C[C@]12CC=C3C(C4CC5(C#N)C(=C4N)C(=O)CC[C@]35C)C1CCC21CCC(=O)O1. The molecule has 1 aliphatic heterocycles. The lowest BCUT2D eigenvalue weighted by atomic mass is 9.43. The van der Waals surface area contributed by atoms with Crippen molar-refractivity contribution in [1.82, 2.24) is 0 Å². The van der Waals surface area contributed by atoms with Crippen LogP contribution in [0.1, 0.15) is 65.2 Å². The van der Waals surface area contributed by atoms with E-state index in [1.54, 1.807) is 0 Å². The van der Waals surface area contributed by atoms with Gasteiger partial charge in [-0.3, -0.25) is 9.59 Å². The van der Waals surface area contributed by atoms with Crippen molar-refractivity contribution in [3.8, 4) is 6.07 Å². The standard InChI is InChI=1S/C24H28N2O3/c1-21-8-5-16(27)19-20(26)13(11-23(19,21)12-25)18-14(21)3-7-22(2)15(18)4-9-24(22)10-6-17(28)29-24/h3,13,15,18H,4-11,26H2,1-2H3/t13?,15?,18?,21-,22+,23?,24?/m1/s1.